The summed E-state index contributed by atoms with van der Waals surface area (Å²) in [6, 6.07) is 6.83. The molecule has 1 N–H and O–H groups in total. The number of hydrogen-bond donors (Lipinski definition) is 1. The van der Waals surface area contributed by atoms with E-state index in [1.807, 2.05) is 17.9 Å². The Balaban J connectivity index is 1.96. The van der Waals surface area contributed by atoms with E-state index in [0.717, 1.165) is 5.56 Å². The monoisotopic (exact) mass is 235 g/mol. The number of rotatable bonds is 2. The number of hydrogen-bond acceptors (Lipinski definition) is 3. The number of carbonyl (C=O) groups is 1. The van der Waals surface area contributed by atoms with Crippen molar-refractivity contribution in [2.24, 2.45) is 0 Å². The molecule has 2 rings (SSSR count). The lowest BCUT2D eigenvalue weighted by Crippen LogP contribution is -2.45. The fourth-order valence-corrected chi connectivity index (χ4v) is 2.00. The van der Waals surface area contributed by atoms with E-state index in [1.165, 1.54) is 0 Å². The van der Waals surface area contributed by atoms with Gasteiger partial charge in [0.15, 0.2) is 0 Å². The number of ether oxygens (including phenoxy) is 1. The minimum absolute atomic E-state index is 0.0887. The second-order valence-electron chi connectivity index (χ2n) is 4.37. The predicted octanol–water partition coefficient (Wildman–Crippen LogP) is 1.18. The van der Waals surface area contributed by atoms with Crippen molar-refractivity contribution in [3.8, 4) is 5.75 Å². The van der Waals surface area contributed by atoms with E-state index in [-0.39, 0.29) is 17.8 Å². The Morgan fingerprint density at radius 1 is 1.59 bits per heavy atom. The first-order valence-corrected chi connectivity index (χ1v) is 5.82. The van der Waals surface area contributed by atoms with Gasteiger partial charge in [0.25, 0.3) is 0 Å². The standard InChI is InChI=1S/C13H17NO3/c1-10-9-14(5-6-17-10)13(16)8-11-3-2-4-12(15)7-11/h2-4,7,10,15H,5-6,8-9H2,1H3. The number of benzene rings is 1. The zero-order chi connectivity index (χ0) is 12.3. The first-order chi connectivity index (χ1) is 8.15. The topological polar surface area (TPSA) is 49.8 Å². The third-order valence-electron chi connectivity index (χ3n) is 2.86. The average Bonchev–Trinajstić information content (AvgIpc) is 2.29. The van der Waals surface area contributed by atoms with Crippen LogP contribution in [0.2, 0.25) is 0 Å². The van der Waals surface area contributed by atoms with Crippen molar-refractivity contribution in [1.29, 1.82) is 0 Å². The predicted molar refractivity (Wildman–Crippen MR) is 63.8 cm³/mol. The first-order valence-electron chi connectivity index (χ1n) is 5.82. The number of aromatic hydroxyl groups is 1. The molecule has 17 heavy (non-hydrogen) atoms. The molecule has 1 aliphatic heterocycles. The molecule has 1 saturated heterocycles. The summed E-state index contributed by atoms with van der Waals surface area (Å²) in [5, 5.41) is 9.33. The number of nitrogens with zero attached hydrogens (tertiary/aromatic N) is 1. The summed E-state index contributed by atoms with van der Waals surface area (Å²) in [5.41, 5.74) is 0.842. The molecule has 1 fully saturated rings. The number of morpholine rings is 1. The molecule has 4 heteroatoms. The fraction of sp³-hybridized carbons (Fsp3) is 0.462. The molecule has 1 unspecified atom stereocenters. The number of phenolic OH excluding ortho intramolecular Hbond substituents is 1. The van der Waals surface area contributed by atoms with Crippen LogP contribution in [0.25, 0.3) is 0 Å². The van der Waals surface area contributed by atoms with Gasteiger partial charge >= 0.3 is 0 Å². The maximum Gasteiger partial charge on any atom is 0.227 e. The van der Waals surface area contributed by atoms with E-state index < -0.39 is 0 Å². The van der Waals surface area contributed by atoms with Crippen LogP contribution >= 0.6 is 0 Å². The Kier molecular flexibility index (Phi) is 3.64. The summed E-state index contributed by atoms with van der Waals surface area (Å²) < 4.78 is 5.39. The number of carbonyl (C=O) groups excluding carboxylic acids is 1. The Morgan fingerprint density at radius 3 is 3.12 bits per heavy atom. The Labute approximate surface area is 101 Å². The van der Waals surface area contributed by atoms with Gasteiger partial charge in [-0.2, -0.15) is 0 Å². The molecule has 1 heterocycles. The minimum atomic E-state index is 0.0887. The normalized spacial score (nSPS) is 20.3. The molecule has 1 atom stereocenters. The van der Waals surface area contributed by atoms with Gasteiger partial charge in [0.2, 0.25) is 5.91 Å². The van der Waals surface area contributed by atoms with E-state index in [0.29, 0.717) is 26.1 Å². The van der Waals surface area contributed by atoms with Crippen LogP contribution in [0.5, 0.6) is 5.75 Å². The third-order valence-corrected chi connectivity index (χ3v) is 2.86. The average molecular weight is 235 g/mol. The molecular weight excluding hydrogens is 218 g/mol. The van der Waals surface area contributed by atoms with Gasteiger partial charge in [0, 0.05) is 13.1 Å². The van der Waals surface area contributed by atoms with E-state index in [1.54, 1.807) is 18.2 Å². The van der Waals surface area contributed by atoms with Gasteiger partial charge in [-0.3, -0.25) is 4.79 Å². The maximum atomic E-state index is 12.0. The summed E-state index contributed by atoms with van der Waals surface area (Å²) >= 11 is 0. The molecular formula is C13H17NO3. The molecule has 0 radical (unpaired) electrons. The van der Waals surface area contributed by atoms with Crippen LogP contribution in [0.15, 0.2) is 24.3 Å². The zero-order valence-corrected chi connectivity index (χ0v) is 9.93. The smallest absolute Gasteiger partial charge is 0.227 e. The molecule has 1 aliphatic rings. The van der Waals surface area contributed by atoms with Crippen molar-refractivity contribution in [3.05, 3.63) is 29.8 Å². The highest BCUT2D eigenvalue weighted by Gasteiger charge is 2.21. The van der Waals surface area contributed by atoms with Crippen LogP contribution in [0.3, 0.4) is 0 Å². The van der Waals surface area contributed by atoms with E-state index in [4.69, 9.17) is 4.74 Å². The molecule has 0 spiro atoms. The van der Waals surface area contributed by atoms with Gasteiger partial charge in [-0.1, -0.05) is 12.1 Å². The second kappa shape index (κ2) is 5.19. The van der Waals surface area contributed by atoms with Crippen LogP contribution in [0, 0.1) is 0 Å². The first kappa shape index (κ1) is 11.9. The number of phenols is 1. The van der Waals surface area contributed by atoms with Crippen molar-refractivity contribution < 1.29 is 14.6 Å². The largest absolute Gasteiger partial charge is 0.508 e. The van der Waals surface area contributed by atoms with Gasteiger partial charge in [-0.05, 0) is 24.6 Å². The molecule has 1 aromatic rings. The van der Waals surface area contributed by atoms with Crippen LogP contribution in [-0.4, -0.2) is 41.7 Å². The van der Waals surface area contributed by atoms with Gasteiger partial charge in [0.1, 0.15) is 5.75 Å². The lowest BCUT2D eigenvalue weighted by atomic mass is 10.1. The van der Waals surface area contributed by atoms with Crippen molar-refractivity contribution in [2.75, 3.05) is 19.7 Å². The summed E-state index contributed by atoms with van der Waals surface area (Å²) in [5.74, 6) is 0.288. The quantitative estimate of drug-likeness (QED) is 0.837. The van der Waals surface area contributed by atoms with Crippen molar-refractivity contribution in [2.45, 2.75) is 19.4 Å². The molecule has 0 saturated carbocycles. The van der Waals surface area contributed by atoms with Gasteiger partial charge in [0.05, 0.1) is 19.1 Å². The molecule has 0 aromatic heterocycles. The highest BCUT2D eigenvalue weighted by molar-refractivity contribution is 5.79. The molecule has 4 nitrogen and oxygen atoms in total. The molecule has 92 valence electrons. The van der Waals surface area contributed by atoms with E-state index in [9.17, 15) is 9.90 Å². The minimum Gasteiger partial charge on any atom is -0.508 e. The van der Waals surface area contributed by atoms with Crippen molar-refractivity contribution in [3.63, 3.8) is 0 Å². The molecule has 1 aromatic carbocycles. The van der Waals surface area contributed by atoms with E-state index >= 15 is 0 Å². The van der Waals surface area contributed by atoms with Crippen LogP contribution in [-0.2, 0) is 16.0 Å². The zero-order valence-electron chi connectivity index (χ0n) is 9.93. The lowest BCUT2D eigenvalue weighted by Gasteiger charge is -2.31. The van der Waals surface area contributed by atoms with Gasteiger partial charge in [-0.15, -0.1) is 0 Å². The number of amides is 1. The van der Waals surface area contributed by atoms with Gasteiger partial charge in [-0.25, -0.2) is 0 Å². The Bertz CT molecular complexity index is 405. The summed E-state index contributed by atoms with van der Waals surface area (Å²) in [4.78, 5) is 13.8. The van der Waals surface area contributed by atoms with Crippen molar-refractivity contribution in [1.82, 2.24) is 4.90 Å². The van der Waals surface area contributed by atoms with Crippen LogP contribution in [0.4, 0.5) is 0 Å². The second-order valence-corrected chi connectivity index (χ2v) is 4.37. The summed E-state index contributed by atoms with van der Waals surface area (Å²) in [6.07, 6.45) is 0.443. The Hall–Kier alpha value is -1.55. The van der Waals surface area contributed by atoms with Crippen molar-refractivity contribution >= 4 is 5.91 Å². The van der Waals surface area contributed by atoms with Crippen LogP contribution < -0.4 is 0 Å². The third kappa shape index (κ3) is 3.20. The lowest BCUT2D eigenvalue weighted by molar-refractivity contribution is -0.137. The Morgan fingerprint density at radius 2 is 2.41 bits per heavy atom. The van der Waals surface area contributed by atoms with Crippen LogP contribution in [0.1, 0.15) is 12.5 Å². The highest BCUT2D eigenvalue weighted by atomic mass is 16.5. The van der Waals surface area contributed by atoms with Gasteiger partial charge < -0.3 is 14.7 Å². The SMILES string of the molecule is CC1CN(C(=O)Cc2cccc(O)c2)CCO1. The molecule has 0 aliphatic carbocycles. The summed E-state index contributed by atoms with van der Waals surface area (Å²) in [6.45, 7) is 3.88. The highest BCUT2D eigenvalue weighted by Crippen LogP contribution is 2.13. The van der Waals surface area contributed by atoms with E-state index in [2.05, 4.69) is 0 Å². The summed E-state index contributed by atoms with van der Waals surface area (Å²) in [7, 11) is 0. The maximum absolute atomic E-state index is 12.0. The molecule has 0 bridgehead atoms. The molecule has 1 amide bonds. The fourth-order valence-electron chi connectivity index (χ4n) is 2.00.